The molecule has 1 N–H and O–H groups in total. The van der Waals surface area contributed by atoms with Crippen LogP contribution in [0.1, 0.15) is 31.9 Å². The van der Waals surface area contributed by atoms with E-state index < -0.39 is 9.84 Å². The standard InChI is InChI=1S/C21H28N2O3S/c1-3-23(4-2)20(18-11-7-5-8-12-18)17-22-21(24)15-16-27(25,26)19-13-9-6-10-14-19/h5-14,20H,3-4,15-17H2,1-2H3,(H,22,24). The summed E-state index contributed by atoms with van der Waals surface area (Å²) in [5.41, 5.74) is 1.14. The van der Waals surface area contributed by atoms with Crippen molar-refractivity contribution in [3.05, 3.63) is 66.2 Å². The van der Waals surface area contributed by atoms with Crippen molar-refractivity contribution in [1.82, 2.24) is 10.2 Å². The Morgan fingerprint density at radius 1 is 0.963 bits per heavy atom. The highest BCUT2D eigenvalue weighted by atomic mass is 32.2. The summed E-state index contributed by atoms with van der Waals surface area (Å²) in [4.78, 5) is 14.8. The van der Waals surface area contributed by atoms with Crippen molar-refractivity contribution in [2.24, 2.45) is 0 Å². The van der Waals surface area contributed by atoms with Crippen molar-refractivity contribution >= 4 is 15.7 Å². The molecular formula is C21H28N2O3S. The molecule has 0 heterocycles. The Bertz CT molecular complexity index is 804. The Morgan fingerprint density at radius 2 is 1.52 bits per heavy atom. The minimum absolute atomic E-state index is 0.0447. The quantitative estimate of drug-likeness (QED) is 0.679. The number of rotatable bonds is 10. The Hall–Kier alpha value is -2.18. The molecule has 1 unspecified atom stereocenters. The van der Waals surface area contributed by atoms with E-state index in [0.29, 0.717) is 6.54 Å². The maximum atomic E-state index is 12.3. The molecule has 0 radical (unpaired) electrons. The fourth-order valence-corrected chi connectivity index (χ4v) is 4.33. The van der Waals surface area contributed by atoms with Crippen molar-refractivity contribution in [1.29, 1.82) is 0 Å². The van der Waals surface area contributed by atoms with Crippen LogP contribution in [-0.2, 0) is 14.6 Å². The number of amides is 1. The summed E-state index contributed by atoms with van der Waals surface area (Å²) in [5.74, 6) is -0.438. The molecule has 0 aliphatic rings. The summed E-state index contributed by atoms with van der Waals surface area (Å²) < 4.78 is 24.6. The van der Waals surface area contributed by atoms with Crippen LogP contribution in [0.3, 0.4) is 0 Å². The predicted molar refractivity (Wildman–Crippen MR) is 108 cm³/mol. The molecule has 0 aliphatic carbocycles. The fourth-order valence-electron chi connectivity index (χ4n) is 3.07. The van der Waals surface area contributed by atoms with Crippen LogP contribution in [-0.4, -0.2) is 44.6 Å². The average Bonchev–Trinajstić information content (AvgIpc) is 2.71. The Morgan fingerprint density at radius 3 is 2.07 bits per heavy atom. The summed E-state index contributed by atoms with van der Waals surface area (Å²) in [7, 11) is -3.44. The molecule has 5 nitrogen and oxygen atoms in total. The second-order valence-electron chi connectivity index (χ2n) is 6.33. The first-order chi connectivity index (χ1) is 13.0. The molecule has 0 fully saturated rings. The first-order valence-electron chi connectivity index (χ1n) is 9.31. The fraction of sp³-hybridized carbons (Fsp3) is 0.381. The van der Waals surface area contributed by atoms with Crippen LogP contribution in [0.15, 0.2) is 65.6 Å². The van der Waals surface area contributed by atoms with Crippen molar-refractivity contribution in [2.75, 3.05) is 25.4 Å². The topological polar surface area (TPSA) is 66.5 Å². The molecule has 2 aromatic rings. The van der Waals surface area contributed by atoms with Gasteiger partial charge in [0.15, 0.2) is 9.84 Å². The lowest BCUT2D eigenvalue weighted by atomic mass is 10.1. The number of nitrogens with zero attached hydrogens (tertiary/aromatic N) is 1. The largest absolute Gasteiger partial charge is 0.354 e. The molecule has 0 bridgehead atoms. The molecular weight excluding hydrogens is 360 g/mol. The van der Waals surface area contributed by atoms with Gasteiger partial charge in [0.1, 0.15) is 0 Å². The lowest BCUT2D eigenvalue weighted by Crippen LogP contribution is -2.38. The van der Waals surface area contributed by atoms with Gasteiger partial charge in [-0.15, -0.1) is 0 Å². The van der Waals surface area contributed by atoms with Crippen molar-refractivity contribution in [3.8, 4) is 0 Å². The molecule has 0 spiro atoms. The molecule has 2 rings (SSSR count). The number of carbonyl (C=O) groups is 1. The first kappa shape index (κ1) is 21.1. The van der Waals surface area contributed by atoms with E-state index in [1.54, 1.807) is 30.3 Å². The van der Waals surface area contributed by atoms with Gasteiger partial charge >= 0.3 is 0 Å². The molecule has 0 saturated heterocycles. The molecule has 1 amide bonds. The van der Waals surface area contributed by atoms with Gasteiger partial charge in [0.25, 0.3) is 0 Å². The summed E-state index contributed by atoms with van der Waals surface area (Å²) >= 11 is 0. The van der Waals surface area contributed by atoms with Crippen LogP contribution < -0.4 is 5.32 Å². The van der Waals surface area contributed by atoms with Gasteiger partial charge in [-0.1, -0.05) is 62.4 Å². The first-order valence-corrected chi connectivity index (χ1v) is 11.0. The lowest BCUT2D eigenvalue weighted by Gasteiger charge is -2.30. The van der Waals surface area contributed by atoms with Crippen LogP contribution in [0.4, 0.5) is 0 Å². The van der Waals surface area contributed by atoms with E-state index in [0.717, 1.165) is 18.7 Å². The molecule has 1 atom stereocenters. The van der Waals surface area contributed by atoms with Gasteiger partial charge in [0, 0.05) is 13.0 Å². The normalized spacial score (nSPS) is 12.7. The minimum Gasteiger partial charge on any atom is -0.354 e. The number of sulfone groups is 1. The third-order valence-corrected chi connectivity index (χ3v) is 6.36. The maximum Gasteiger partial charge on any atom is 0.221 e. The van der Waals surface area contributed by atoms with E-state index in [-0.39, 0.29) is 29.0 Å². The zero-order chi connectivity index (χ0) is 19.7. The molecule has 146 valence electrons. The molecule has 2 aromatic carbocycles. The van der Waals surface area contributed by atoms with Gasteiger partial charge < -0.3 is 5.32 Å². The molecule has 27 heavy (non-hydrogen) atoms. The number of hydrogen-bond donors (Lipinski definition) is 1. The third-order valence-electron chi connectivity index (χ3n) is 4.63. The zero-order valence-corrected chi connectivity index (χ0v) is 16.8. The van der Waals surface area contributed by atoms with Crippen LogP contribution in [0.2, 0.25) is 0 Å². The Kier molecular flexibility index (Phi) is 8.00. The lowest BCUT2D eigenvalue weighted by molar-refractivity contribution is -0.121. The van der Waals surface area contributed by atoms with Gasteiger partial charge in [-0.05, 0) is 30.8 Å². The summed E-state index contributed by atoms with van der Waals surface area (Å²) in [5, 5.41) is 2.91. The van der Waals surface area contributed by atoms with E-state index in [1.165, 1.54) is 0 Å². The maximum absolute atomic E-state index is 12.3. The highest BCUT2D eigenvalue weighted by molar-refractivity contribution is 7.91. The summed E-state index contributed by atoms with van der Waals surface area (Å²) in [6, 6.07) is 18.3. The number of carbonyl (C=O) groups excluding carboxylic acids is 1. The van der Waals surface area contributed by atoms with Crippen LogP contribution in [0, 0.1) is 0 Å². The van der Waals surface area contributed by atoms with Crippen molar-refractivity contribution in [2.45, 2.75) is 31.2 Å². The zero-order valence-electron chi connectivity index (χ0n) is 16.0. The highest BCUT2D eigenvalue weighted by Crippen LogP contribution is 2.19. The molecule has 0 aliphatic heterocycles. The van der Waals surface area contributed by atoms with Gasteiger partial charge in [-0.25, -0.2) is 8.42 Å². The van der Waals surface area contributed by atoms with E-state index in [1.807, 2.05) is 18.2 Å². The van der Waals surface area contributed by atoms with Crippen LogP contribution in [0.5, 0.6) is 0 Å². The number of nitrogens with one attached hydrogen (secondary N) is 1. The second kappa shape index (κ2) is 10.2. The predicted octanol–water partition coefficient (Wildman–Crippen LogP) is 3.05. The second-order valence-corrected chi connectivity index (χ2v) is 8.44. The molecule has 6 heteroatoms. The van der Waals surface area contributed by atoms with E-state index in [9.17, 15) is 13.2 Å². The van der Waals surface area contributed by atoms with Crippen molar-refractivity contribution < 1.29 is 13.2 Å². The third kappa shape index (κ3) is 6.19. The molecule has 0 aromatic heterocycles. The molecule has 0 saturated carbocycles. The highest BCUT2D eigenvalue weighted by Gasteiger charge is 2.20. The van der Waals surface area contributed by atoms with Crippen molar-refractivity contribution in [3.63, 3.8) is 0 Å². The summed E-state index contributed by atoms with van der Waals surface area (Å²) in [6.07, 6.45) is -0.0447. The van der Waals surface area contributed by atoms with E-state index in [4.69, 9.17) is 0 Å². The van der Waals surface area contributed by atoms with E-state index in [2.05, 4.69) is 36.2 Å². The van der Waals surface area contributed by atoms with Gasteiger partial charge in [-0.3, -0.25) is 9.69 Å². The van der Waals surface area contributed by atoms with Gasteiger partial charge in [-0.2, -0.15) is 0 Å². The van der Waals surface area contributed by atoms with Gasteiger partial charge in [0.2, 0.25) is 5.91 Å². The monoisotopic (exact) mass is 388 g/mol. The summed E-state index contributed by atoms with van der Waals surface area (Å²) in [6.45, 7) is 6.37. The van der Waals surface area contributed by atoms with Crippen LogP contribution >= 0.6 is 0 Å². The smallest absolute Gasteiger partial charge is 0.221 e. The number of hydrogen-bond acceptors (Lipinski definition) is 4. The Labute approximate surface area is 162 Å². The average molecular weight is 389 g/mol. The van der Waals surface area contributed by atoms with Gasteiger partial charge in [0.05, 0.1) is 16.7 Å². The number of benzene rings is 2. The minimum atomic E-state index is -3.44. The number of likely N-dealkylation sites (N-methyl/N-ethyl adjacent to an activating group) is 1. The Balaban J connectivity index is 1.95. The SMILES string of the molecule is CCN(CC)C(CNC(=O)CCS(=O)(=O)c1ccccc1)c1ccccc1. The van der Waals surface area contributed by atoms with Crippen LogP contribution in [0.25, 0.3) is 0 Å². The van der Waals surface area contributed by atoms with E-state index >= 15 is 0 Å².